The third-order valence-corrected chi connectivity index (χ3v) is 5.52. The summed E-state index contributed by atoms with van der Waals surface area (Å²) in [5, 5.41) is 3.45. The van der Waals surface area contributed by atoms with Gasteiger partial charge >= 0.3 is 0 Å². The Morgan fingerprint density at radius 1 is 1.04 bits per heavy atom. The van der Waals surface area contributed by atoms with Gasteiger partial charge in [-0.1, -0.05) is 34.6 Å². The maximum absolute atomic E-state index is 12.3. The molecule has 2 heterocycles. The van der Waals surface area contributed by atoms with Crippen LogP contribution in [-0.2, 0) is 9.53 Å². The summed E-state index contributed by atoms with van der Waals surface area (Å²) < 4.78 is 5.64. The second kappa shape index (κ2) is 11.2. The Labute approximate surface area is 156 Å². The van der Waals surface area contributed by atoms with Crippen LogP contribution in [0.4, 0.5) is 0 Å². The van der Waals surface area contributed by atoms with Crippen molar-refractivity contribution in [1.82, 2.24) is 10.2 Å². The quantitative estimate of drug-likeness (QED) is 0.726. The van der Waals surface area contributed by atoms with Crippen molar-refractivity contribution < 1.29 is 9.53 Å². The van der Waals surface area contributed by atoms with E-state index in [0.717, 1.165) is 39.2 Å². The number of hydrogen-bond donors (Lipinski definition) is 1. The molecule has 1 spiro atoms. The van der Waals surface area contributed by atoms with Crippen LogP contribution in [0.2, 0.25) is 0 Å². The summed E-state index contributed by atoms with van der Waals surface area (Å²) in [7, 11) is 0. The molecule has 0 bridgehead atoms. The zero-order valence-electron chi connectivity index (χ0n) is 17.5. The fraction of sp³-hybridized carbons (Fsp3) is 0.952. The Morgan fingerprint density at radius 3 is 2.20 bits per heavy atom. The zero-order chi connectivity index (χ0) is 18.8. The van der Waals surface area contributed by atoms with E-state index < -0.39 is 0 Å². The second-order valence-electron chi connectivity index (χ2n) is 8.66. The molecule has 0 aromatic heterocycles. The van der Waals surface area contributed by atoms with Crippen molar-refractivity contribution in [3.8, 4) is 0 Å². The highest BCUT2D eigenvalue weighted by molar-refractivity contribution is 5.76. The van der Waals surface area contributed by atoms with Crippen LogP contribution in [0.1, 0.15) is 79.6 Å². The van der Waals surface area contributed by atoms with Crippen LogP contribution in [0.5, 0.6) is 0 Å². The van der Waals surface area contributed by atoms with Crippen LogP contribution in [-0.4, -0.2) is 50.2 Å². The van der Waals surface area contributed by atoms with E-state index in [0.29, 0.717) is 23.9 Å². The van der Waals surface area contributed by atoms with Gasteiger partial charge in [-0.25, -0.2) is 0 Å². The molecule has 0 aliphatic carbocycles. The van der Waals surface area contributed by atoms with E-state index >= 15 is 0 Å². The SMILES string of the molecule is CC.CC(C)(C)CCCOCCC(=O)N1CCC2(CCNCC2)CC1. The number of piperidine rings is 2. The van der Waals surface area contributed by atoms with Gasteiger partial charge in [0.2, 0.25) is 5.91 Å². The van der Waals surface area contributed by atoms with Crippen molar-refractivity contribution in [2.75, 3.05) is 39.4 Å². The average Bonchev–Trinajstić information content (AvgIpc) is 2.60. The lowest BCUT2D eigenvalue weighted by Crippen LogP contribution is -2.47. The van der Waals surface area contributed by atoms with E-state index in [2.05, 4.69) is 31.0 Å². The Kier molecular flexibility index (Phi) is 10.0. The summed E-state index contributed by atoms with van der Waals surface area (Å²) >= 11 is 0. The van der Waals surface area contributed by atoms with Crippen LogP contribution >= 0.6 is 0 Å². The lowest BCUT2D eigenvalue weighted by molar-refractivity contribution is -0.135. The van der Waals surface area contributed by atoms with Gasteiger partial charge in [-0.2, -0.15) is 0 Å². The third kappa shape index (κ3) is 8.54. The zero-order valence-corrected chi connectivity index (χ0v) is 17.5. The molecule has 1 N–H and O–H groups in total. The molecular weight excluding hydrogens is 312 g/mol. The predicted octanol–water partition coefficient (Wildman–Crippen LogP) is 4.24. The van der Waals surface area contributed by atoms with Gasteiger partial charge in [0.1, 0.15) is 0 Å². The van der Waals surface area contributed by atoms with E-state index in [1.807, 2.05) is 13.8 Å². The van der Waals surface area contributed by atoms with Gasteiger partial charge in [0.15, 0.2) is 0 Å². The fourth-order valence-corrected chi connectivity index (χ4v) is 3.81. The van der Waals surface area contributed by atoms with E-state index in [4.69, 9.17) is 4.74 Å². The molecule has 1 amide bonds. The average molecular weight is 355 g/mol. The highest BCUT2D eigenvalue weighted by Crippen LogP contribution is 2.39. The molecule has 2 saturated heterocycles. The molecular formula is C21H42N2O2. The molecule has 0 unspecified atom stereocenters. The van der Waals surface area contributed by atoms with Crippen molar-refractivity contribution in [3.05, 3.63) is 0 Å². The number of rotatable bonds is 6. The lowest BCUT2D eigenvalue weighted by atomic mass is 9.71. The molecule has 2 fully saturated rings. The number of nitrogens with one attached hydrogen (secondary N) is 1. The Hall–Kier alpha value is -0.610. The molecule has 4 nitrogen and oxygen atoms in total. The van der Waals surface area contributed by atoms with Gasteiger partial charge in [0.05, 0.1) is 13.0 Å². The Morgan fingerprint density at radius 2 is 1.64 bits per heavy atom. The second-order valence-corrected chi connectivity index (χ2v) is 8.66. The highest BCUT2D eigenvalue weighted by Gasteiger charge is 2.36. The largest absolute Gasteiger partial charge is 0.381 e. The van der Waals surface area contributed by atoms with Gasteiger partial charge in [-0.15, -0.1) is 0 Å². The minimum absolute atomic E-state index is 0.282. The maximum Gasteiger partial charge on any atom is 0.224 e. The maximum atomic E-state index is 12.3. The number of likely N-dealkylation sites (tertiary alicyclic amines) is 1. The van der Waals surface area contributed by atoms with Gasteiger partial charge in [0.25, 0.3) is 0 Å². The van der Waals surface area contributed by atoms with Crippen LogP contribution in [0.25, 0.3) is 0 Å². The van der Waals surface area contributed by atoms with E-state index in [9.17, 15) is 4.79 Å². The minimum Gasteiger partial charge on any atom is -0.381 e. The van der Waals surface area contributed by atoms with Crippen LogP contribution < -0.4 is 5.32 Å². The third-order valence-electron chi connectivity index (χ3n) is 5.52. The Balaban J connectivity index is 0.00000151. The molecule has 4 heteroatoms. The number of carbonyl (C=O) groups excluding carboxylic acids is 1. The normalized spacial score (nSPS) is 20.1. The van der Waals surface area contributed by atoms with Crippen molar-refractivity contribution >= 4 is 5.91 Å². The minimum atomic E-state index is 0.282. The van der Waals surface area contributed by atoms with Gasteiger partial charge in [-0.3, -0.25) is 4.79 Å². The van der Waals surface area contributed by atoms with E-state index in [-0.39, 0.29) is 5.91 Å². The Bertz CT molecular complexity index is 361. The van der Waals surface area contributed by atoms with Crippen molar-refractivity contribution in [1.29, 1.82) is 0 Å². The number of carbonyl (C=O) groups is 1. The molecule has 0 atom stereocenters. The smallest absolute Gasteiger partial charge is 0.224 e. The summed E-state index contributed by atoms with van der Waals surface area (Å²) in [6.45, 7) is 16.3. The molecule has 0 saturated carbocycles. The summed E-state index contributed by atoms with van der Waals surface area (Å²) in [6.07, 6.45) is 7.74. The fourth-order valence-electron chi connectivity index (χ4n) is 3.81. The first-order valence-electron chi connectivity index (χ1n) is 10.5. The number of amides is 1. The monoisotopic (exact) mass is 354 g/mol. The highest BCUT2D eigenvalue weighted by atomic mass is 16.5. The summed E-state index contributed by atoms with van der Waals surface area (Å²) in [5.41, 5.74) is 0.892. The van der Waals surface area contributed by atoms with Crippen LogP contribution in [0, 0.1) is 10.8 Å². The molecule has 25 heavy (non-hydrogen) atoms. The van der Waals surface area contributed by atoms with Crippen molar-refractivity contribution in [3.63, 3.8) is 0 Å². The molecule has 2 aliphatic rings. The molecule has 0 radical (unpaired) electrons. The molecule has 0 aromatic rings. The molecule has 0 aromatic carbocycles. The van der Waals surface area contributed by atoms with Crippen molar-refractivity contribution in [2.24, 2.45) is 10.8 Å². The van der Waals surface area contributed by atoms with Crippen LogP contribution in [0.15, 0.2) is 0 Å². The first-order valence-corrected chi connectivity index (χ1v) is 10.5. The summed E-state index contributed by atoms with van der Waals surface area (Å²) in [6, 6.07) is 0. The summed E-state index contributed by atoms with van der Waals surface area (Å²) in [4.78, 5) is 14.4. The number of nitrogens with zero attached hydrogens (tertiary/aromatic N) is 1. The van der Waals surface area contributed by atoms with Gasteiger partial charge in [0, 0.05) is 19.7 Å². The number of ether oxygens (including phenoxy) is 1. The molecule has 2 rings (SSSR count). The van der Waals surface area contributed by atoms with E-state index in [1.54, 1.807) is 0 Å². The van der Waals surface area contributed by atoms with Gasteiger partial charge in [-0.05, 0) is 62.4 Å². The lowest BCUT2D eigenvalue weighted by Gasteiger charge is -2.44. The number of hydrogen-bond acceptors (Lipinski definition) is 3. The molecule has 2 aliphatic heterocycles. The topological polar surface area (TPSA) is 41.6 Å². The first kappa shape index (κ1) is 22.4. The predicted molar refractivity (Wildman–Crippen MR) is 106 cm³/mol. The standard InChI is InChI=1S/C19H36N2O2.C2H6/c1-18(2,3)6-4-15-23-16-5-17(22)21-13-9-19(10-14-21)7-11-20-12-8-19;1-2/h20H,4-16H2,1-3H3;1-2H3. The van der Waals surface area contributed by atoms with Gasteiger partial charge < -0.3 is 15.0 Å². The van der Waals surface area contributed by atoms with Crippen molar-refractivity contribution in [2.45, 2.75) is 79.6 Å². The van der Waals surface area contributed by atoms with Crippen LogP contribution in [0.3, 0.4) is 0 Å². The van der Waals surface area contributed by atoms with E-state index in [1.165, 1.54) is 32.1 Å². The molecule has 148 valence electrons. The first-order chi connectivity index (χ1) is 11.9. The summed E-state index contributed by atoms with van der Waals surface area (Å²) in [5.74, 6) is 0.282.